The van der Waals surface area contributed by atoms with E-state index < -0.39 is 34.3 Å². The number of hydrogen-bond donors (Lipinski definition) is 1. The molecule has 2 atom stereocenters. The molecule has 190 valence electrons. The average molecular weight is 506 g/mol. The highest BCUT2D eigenvalue weighted by Crippen LogP contribution is 2.21. The third-order valence-corrected chi connectivity index (χ3v) is 6.79. The summed E-state index contributed by atoms with van der Waals surface area (Å²) in [4.78, 5) is 39.4. The summed E-state index contributed by atoms with van der Waals surface area (Å²) in [6.45, 7) is 6.05. The number of sulfonamides is 1. The molecule has 2 aromatic rings. The highest BCUT2D eigenvalue weighted by Gasteiger charge is 2.30. The molecule has 0 fully saturated rings. The molecular weight excluding hydrogens is 473 g/mol. The second-order valence-corrected chi connectivity index (χ2v) is 10.4. The Kier molecular flexibility index (Phi) is 9.53. The molecule has 0 unspecified atom stereocenters. The van der Waals surface area contributed by atoms with Crippen molar-refractivity contribution in [3.05, 3.63) is 65.5 Å². The number of carbonyl (C=O) groups excluding carboxylic acids is 3. The first-order chi connectivity index (χ1) is 16.3. The van der Waals surface area contributed by atoms with E-state index in [0.29, 0.717) is 17.5 Å². The van der Waals surface area contributed by atoms with Gasteiger partial charge in [0, 0.05) is 18.2 Å². The molecule has 10 heteroatoms. The highest BCUT2D eigenvalue weighted by atomic mass is 32.2. The molecule has 8 nitrogen and oxygen atoms in total. The highest BCUT2D eigenvalue weighted by molar-refractivity contribution is 7.92. The molecule has 2 rings (SSSR count). The minimum atomic E-state index is -3.91. The zero-order chi connectivity index (χ0) is 26.3. The van der Waals surface area contributed by atoms with E-state index in [-0.39, 0.29) is 30.0 Å². The Bertz CT molecular complexity index is 1170. The van der Waals surface area contributed by atoms with Crippen molar-refractivity contribution in [3.63, 3.8) is 0 Å². The van der Waals surface area contributed by atoms with E-state index in [4.69, 9.17) is 0 Å². The van der Waals surface area contributed by atoms with Gasteiger partial charge in [-0.15, -0.1) is 0 Å². The molecule has 35 heavy (non-hydrogen) atoms. The average Bonchev–Trinajstić information content (AvgIpc) is 2.80. The van der Waals surface area contributed by atoms with Gasteiger partial charge in [-0.2, -0.15) is 0 Å². The van der Waals surface area contributed by atoms with E-state index in [0.717, 1.165) is 10.6 Å². The fraction of sp³-hybridized carbons (Fsp3) is 0.400. The first-order valence-corrected chi connectivity index (χ1v) is 13.1. The largest absolute Gasteiger partial charge is 0.352 e. The number of amides is 2. The van der Waals surface area contributed by atoms with Gasteiger partial charge >= 0.3 is 0 Å². The van der Waals surface area contributed by atoms with Crippen molar-refractivity contribution in [2.24, 2.45) is 0 Å². The number of anilines is 1. The van der Waals surface area contributed by atoms with Crippen LogP contribution in [0.3, 0.4) is 0 Å². The van der Waals surface area contributed by atoms with E-state index in [1.807, 2.05) is 13.8 Å². The lowest BCUT2D eigenvalue weighted by Gasteiger charge is -2.32. The molecule has 0 aliphatic heterocycles. The van der Waals surface area contributed by atoms with E-state index in [1.54, 1.807) is 13.0 Å². The van der Waals surface area contributed by atoms with Gasteiger partial charge in [-0.1, -0.05) is 31.2 Å². The van der Waals surface area contributed by atoms with Gasteiger partial charge in [0.25, 0.3) is 0 Å². The number of benzene rings is 2. The predicted molar refractivity (Wildman–Crippen MR) is 133 cm³/mol. The first-order valence-electron chi connectivity index (χ1n) is 11.3. The molecule has 0 saturated carbocycles. The summed E-state index contributed by atoms with van der Waals surface area (Å²) >= 11 is 0. The molecule has 2 amide bonds. The van der Waals surface area contributed by atoms with Crippen LogP contribution in [0.2, 0.25) is 0 Å². The maximum atomic E-state index is 13.5. The smallest absolute Gasteiger partial charge is 0.244 e. The minimum absolute atomic E-state index is 0.0285. The van der Waals surface area contributed by atoms with Crippen LogP contribution in [0.4, 0.5) is 10.1 Å². The summed E-state index contributed by atoms with van der Waals surface area (Å²) in [6.07, 6.45) is 1.66. The molecular formula is C25H32FN3O5S. The fourth-order valence-corrected chi connectivity index (χ4v) is 4.17. The quantitative estimate of drug-likeness (QED) is 0.473. The van der Waals surface area contributed by atoms with Crippen molar-refractivity contribution in [1.82, 2.24) is 10.2 Å². The topological polar surface area (TPSA) is 104 Å². The molecule has 0 aliphatic rings. The summed E-state index contributed by atoms with van der Waals surface area (Å²) in [5.41, 5.74) is 1.03. The van der Waals surface area contributed by atoms with Gasteiger partial charge in [-0.25, -0.2) is 12.8 Å². The number of Topliss-reactive ketones (excluding diaryl/α,β-unsaturated/α-hetero) is 1. The normalized spacial score (nSPS) is 13.0. The molecule has 0 spiro atoms. The van der Waals surface area contributed by atoms with Crippen molar-refractivity contribution >= 4 is 33.3 Å². The summed E-state index contributed by atoms with van der Waals surface area (Å²) in [6, 6.07) is 10.4. The Hall–Kier alpha value is -3.27. The number of rotatable bonds is 11. The molecule has 2 aromatic carbocycles. The Morgan fingerprint density at radius 3 is 2.23 bits per heavy atom. The third kappa shape index (κ3) is 7.88. The Morgan fingerprint density at radius 1 is 1.06 bits per heavy atom. The molecule has 0 bridgehead atoms. The third-order valence-electron chi connectivity index (χ3n) is 5.65. The van der Waals surface area contributed by atoms with Crippen LogP contribution in [0.25, 0.3) is 0 Å². The van der Waals surface area contributed by atoms with Gasteiger partial charge < -0.3 is 10.2 Å². The lowest BCUT2D eigenvalue weighted by molar-refractivity contribution is -0.139. The number of hydrogen-bond acceptors (Lipinski definition) is 5. The number of carbonyl (C=O) groups is 3. The number of halogens is 1. The number of nitrogens with zero attached hydrogens (tertiary/aromatic N) is 2. The number of ketones is 1. The van der Waals surface area contributed by atoms with Crippen LogP contribution < -0.4 is 9.62 Å². The standard InChI is InChI=1S/C25H32FN3O5S/c1-6-17(2)27-25(32)18(3)28(15-20-10-12-22(26)13-11-20)24(31)16-29(35(5,33)34)23-9-7-8-21(14-23)19(4)30/h7-14,17-18H,6,15-16H2,1-5H3,(H,27,32)/t17-,18+/m1/s1. The second kappa shape index (κ2) is 11.9. The lowest BCUT2D eigenvalue weighted by atomic mass is 10.1. The van der Waals surface area contributed by atoms with E-state index >= 15 is 0 Å². The van der Waals surface area contributed by atoms with Crippen LogP contribution in [0.1, 0.15) is 50.0 Å². The van der Waals surface area contributed by atoms with Crippen LogP contribution in [-0.4, -0.2) is 55.8 Å². The summed E-state index contributed by atoms with van der Waals surface area (Å²) < 4.78 is 39.5. The second-order valence-electron chi connectivity index (χ2n) is 8.52. The Labute approximate surface area is 206 Å². The van der Waals surface area contributed by atoms with Crippen molar-refractivity contribution in [2.75, 3.05) is 17.1 Å². The fourth-order valence-electron chi connectivity index (χ4n) is 3.33. The first kappa shape index (κ1) is 28.0. The van der Waals surface area contributed by atoms with Crippen LogP contribution in [0.15, 0.2) is 48.5 Å². The predicted octanol–water partition coefficient (Wildman–Crippen LogP) is 3.13. The van der Waals surface area contributed by atoms with Gasteiger partial charge in [0.15, 0.2) is 5.78 Å². The minimum Gasteiger partial charge on any atom is -0.352 e. The molecule has 0 aromatic heterocycles. The molecule has 0 saturated heterocycles. The Balaban J connectivity index is 2.41. The van der Waals surface area contributed by atoms with Crippen LogP contribution in [0.5, 0.6) is 0 Å². The Morgan fingerprint density at radius 2 is 1.69 bits per heavy atom. The number of nitrogens with one attached hydrogen (secondary N) is 1. The van der Waals surface area contributed by atoms with Gasteiger partial charge in [-0.3, -0.25) is 18.7 Å². The van der Waals surface area contributed by atoms with Crippen LogP contribution >= 0.6 is 0 Å². The van der Waals surface area contributed by atoms with Crippen molar-refractivity contribution < 1.29 is 27.2 Å². The molecule has 0 heterocycles. The van der Waals surface area contributed by atoms with Crippen molar-refractivity contribution in [1.29, 1.82) is 0 Å². The SMILES string of the molecule is CC[C@@H](C)NC(=O)[C@H](C)N(Cc1ccc(F)cc1)C(=O)CN(c1cccc(C(C)=O)c1)S(C)(=O)=O. The maximum Gasteiger partial charge on any atom is 0.244 e. The van der Waals surface area contributed by atoms with Gasteiger partial charge in [0.2, 0.25) is 21.8 Å². The summed E-state index contributed by atoms with van der Waals surface area (Å²) in [7, 11) is -3.91. The van der Waals surface area contributed by atoms with Gasteiger partial charge in [0.1, 0.15) is 18.4 Å². The zero-order valence-electron chi connectivity index (χ0n) is 20.6. The van der Waals surface area contributed by atoms with Crippen molar-refractivity contribution in [3.8, 4) is 0 Å². The summed E-state index contributed by atoms with van der Waals surface area (Å²) in [5.74, 6) is -1.71. The molecule has 0 aliphatic carbocycles. The van der Waals surface area contributed by atoms with Gasteiger partial charge in [0.05, 0.1) is 11.9 Å². The zero-order valence-corrected chi connectivity index (χ0v) is 21.4. The molecule has 1 N–H and O–H groups in total. The van der Waals surface area contributed by atoms with Crippen LogP contribution in [0, 0.1) is 5.82 Å². The van der Waals surface area contributed by atoms with Crippen LogP contribution in [-0.2, 0) is 26.2 Å². The van der Waals surface area contributed by atoms with Crippen molar-refractivity contribution in [2.45, 2.75) is 52.7 Å². The van der Waals surface area contributed by atoms with E-state index in [1.165, 1.54) is 54.3 Å². The van der Waals surface area contributed by atoms with Gasteiger partial charge in [-0.05, 0) is 57.0 Å². The monoisotopic (exact) mass is 505 g/mol. The van der Waals surface area contributed by atoms with E-state index in [2.05, 4.69) is 5.32 Å². The molecule has 0 radical (unpaired) electrons. The van der Waals surface area contributed by atoms with E-state index in [9.17, 15) is 27.2 Å². The summed E-state index contributed by atoms with van der Waals surface area (Å²) in [5, 5.41) is 2.83. The lowest BCUT2D eigenvalue weighted by Crippen LogP contribution is -2.52. The maximum absolute atomic E-state index is 13.5.